The third-order valence-electron chi connectivity index (χ3n) is 4.47. The number of hydrogen-bond acceptors (Lipinski definition) is 3. The molecule has 1 N–H and O–H groups in total. The van der Waals surface area contributed by atoms with Crippen molar-refractivity contribution in [2.24, 2.45) is 11.8 Å². The minimum Gasteiger partial charge on any atom is -0.478 e. The first-order valence-electron chi connectivity index (χ1n) is 7.44. The predicted octanol–water partition coefficient (Wildman–Crippen LogP) is 4.01. The Hall–Kier alpha value is -1.62. The second kappa shape index (κ2) is 6.24. The van der Waals surface area contributed by atoms with E-state index < -0.39 is 11.9 Å². The minimum absolute atomic E-state index is 0.0111. The number of esters is 1. The van der Waals surface area contributed by atoms with Gasteiger partial charge in [-0.2, -0.15) is 0 Å². The van der Waals surface area contributed by atoms with E-state index in [0.717, 1.165) is 25.7 Å². The highest BCUT2D eigenvalue weighted by molar-refractivity contribution is 9.11. The maximum atomic E-state index is 12.4. The fraction of sp³-hybridized carbons (Fsp3) is 0.412. The standard InChI is InChI=1S/C17H17BrO4/c18-12-7-10-5-6-11(9-12)15(8-10)22-17(21)14-4-2-1-3-13(14)16(19)20/h1-4,9-11,15H,5-8H2,(H,19,20). The number of fused-ring (bicyclic) bond motifs is 3. The van der Waals surface area contributed by atoms with Crippen LogP contribution in [0, 0.1) is 11.8 Å². The van der Waals surface area contributed by atoms with Gasteiger partial charge in [-0.05, 0) is 48.2 Å². The molecule has 2 bridgehead atoms. The summed E-state index contributed by atoms with van der Waals surface area (Å²) in [4.78, 5) is 23.6. The molecule has 3 aliphatic carbocycles. The van der Waals surface area contributed by atoms with Crippen LogP contribution in [0.3, 0.4) is 0 Å². The lowest BCUT2D eigenvalue weighted by atomic mass is 9.81. The summed E-state index contributed by atoms with van der Waals surface area (Å²) < 4.78 is 6.85. The number of hydrogen-bond donors (Lipinski definition) is 1. The van der Waals surface area contributed by atoms with E-state index in [1.54, 1.807) is 12.1 Å². The van der Waals surface area contributed by atoms with Crippen molar-refractivity contribution in [1.29, 1.82) is 0 Å². The molecule has 3 unspecified atom stereocenters. The zero-order valence-corrected chi connectivity index (χ0v) is 13.6. The Morgan fingerprint density at radius 2 is 1.91 bits per heavy atom. The van der Waals surface area contributed by atoms with Gasteiger partial charge in [0.15, 0.2) is 0 Å². The van der Waals surface area contributed by atoms with Gasteiger partial charge in [-0.3, -0.25) is 0 Å². The van der Waals surface area contributed by atoms with Crippen LogP contribution in [0.15, 0.2) is 34.8 Å². The summed E-state index contributed by atoms with van der Waals surface area (Å²) in [6, 6.07) is 6.19. The molecule has 4 nitrogen and oxygen atoms in total. The molecule has 0 amide bonds. The molecule has 3 atom stereocenters. The summed E-state index contributed by atoms with van der Waals surface area (Å²) in [5.41, 5.74) is 0.112. The Kier molecular flexibility index (Phi) is 4.34. The lowest BCUT2D eigenvalue weighted by molar-refractivity contribution is 0.00252. The highest BCUT2D eigenvalue weighted by Crippen LogP contribution is 2.41. The molecule has 0 aliphatic heterocycles. The summed E-state index contributed by atoms with van der Waals surface area (Å²) in [5, 5.41) is 9.18. The molecule has 0 saturated heterocycles. The van der Waals surface area contributed by atoms with Gasteiger partial charge in [0.25, 0.3) is 0 Å². The fourth-order valence-corrected chi connectivity index (χ4v) is 4.17. The van der Waals surface area contributed by atoms with Crippen molar-refractivity contribution in [3.05, 3.63) is 46.0 Å². The van der Waals surface area contributed by atoms with Gasteiger partial charge < -0.3 is 9.84 Å². The maximum absolute atomic E-state index is 12.4. The zero-order chi connectivity index (χ0) is 15.7. The smallest absolute Gasteiger partial charge is 0.339 e. The number of halogens is 1. The normalized spacial score (nSPS) is 27.0. The van der Waals surface area contributed by atoms with Crippen molar-refractivity contribution in [3.8, 4) is 0 Å². The number of carboxylic acid groups (broad SMARTS) is 1. The van der Waals surface area contributed by atoms with E-state index in [4.69, 9.17) is 4.74 Å². The molecule has 0 spiro atoms. The van der Waals surface area contributed by atoms with E-state index in [0.29, 0.717) is 5.92 Å². The predicted molar refractivity (Wildman–Crippen MR) is 85.1 cm³/mol. The highest BCUT2D eigenvalue weighted by Gasteiger charge is 2.35. The maximum Gasteiger partial charge on any atom is 0.339 e. The van der Waals surface area contributed by atoms with Crippen LogP contribution < -0.4 is 0 Å². The summed E-state index contributed by atoms with van der Waals surface area (Å²) in [7, 11) is 0. The molecule has 22 heavy (non-hydrogen) atoms. The third-order valence-corrected chi connectivity index (χ3v) is 5.05. The molecule has 0 heterocycles. The molecule has 1 aromatic carbocycles. The van der Waals surface area contributed by atoms with Crippen LogP contribution in [0.2, 0.25) is 0 Å². The number of carbonyl (C=O) groups is 2. The first-order chi connectivity index (χ1) is 10.5. The largest absolute Gasteiger partial charge is 0.478 e. The van der Waals surface area contributed by atoms with Crippen LogP contribution in [-0.4, -0.2) is 23.1 Å². The molecule has 3 aliphatic rings. The summed E-state index contributed by atoms with van der Waals surface area (Å²) in [6.07, 6.45) is 5.98. The summed E-state index contributed by atoms with van der Waals surface area (Å²) >= 11 is 3.57. The van der Waals surface area contributed by atoms with Crippen LogP contribution in [0.25, 0.3) is 0 Å². The number of carbonyl (C=O) groups excluding carboxylic acids is 1. The van der Waals surface area contributed by atoms with Gasteiger partial charge in [-0.25, -0.2) is 9.59 Å². The van der Waals surface area contributed by atoms with Gasteiger partial charge in [0.2, 0.25) is 0 Å². The van der Waals surface area contributed by atoms with Crippen molar-refractivity contribution in [3.63, 3.8) is 0 Å². The van der Waals surface area contributed by atoms with Gasteiger partial charge >= 0.3 is 11.9 Å². The highest BCUT2D eigenvalue weighted by atomic mass is 79.9. The van der Waals surface area contributed by atoms with Gasteiger partial charge in [0.05, 0.1) is 11.1 Å². The zero-order valence-electron chi connectivity index (χ0n) is 12.0. The van der Waals surface area contributed by atoms with E-state index >= 15 is 0 Å². The van der Waals surface area contributed by atoms with E-state index in [1.807, 2.05) is 0 Å². The molecule has 0 aromatic heterocycles. The van der Waals surface area contributed by atoms with E-state index in [-0.39, 0.29) is 23.1 Å². The lowest BCUT2D eigenvalue weighted by Crippen LogP contribution is -2.31. The number of carboxylic acids is 1. The Bertz CT molecular complexity index is 637. The van der Waals surface area contributed by atoms with Crippen molar-refractivity contribution in [1.82, 2.24) is 0 Å². The first kappa shape index (κ1) is 15.3. The van der Waals surface area contributed by atoms with Crippen molar-refractivity contribution in [2.45, 2.75) is 31.8 Å². The molecular formula is C17H17BrO4. The van der Waals surface area contributed by atoms with Crippen LogP contribution in [-0.2, 0) is 4.74 Å². The van der Waals surface area contributed by atoms with E-state index in [9.17, 15) is 14.7 Å². The second-order valence-corrected chi connectivity index (χ2v) is 6.97. The Labute approximate surface area is 137 Å². The molecule has 116 valence electrons. The quantitative estimate of drug-likeness (QED) is 0.823. The molecule has 1 aromatic rings. The molecule has 4 rings (SSSR count). The van der Waals surface area contributed by atoms with E-state index in [1.165, 1.54) is 16.6 Å². The van der Waals surface area contributed by atoms with Crippen LogP contribution in [0.1, 0.15) is 46.4 Å². The molecule has 1 saturated carbocycles. The lowest BCUT2D eigenvalue weighted by Gasteiger charge is -2.31. The van der Waals surface area contributed by atoms with Crippen molar-refractivity contribution >= 4 is 27.9 Å². The summed E-state index contributed by atoms with van der Waals surface area (Å²) in [6.45, 7) is 0. The van der Waals surface area contributed by atoms with Crippen molar-refractivity contribution < 1.29 is 19.4 Å². The van der Waals surface area contributed by atoms with Crippen LogP contribution >= 0.6 is 15.9 Å². The summed E-state index contributed by atoms with van der Waals surface area (Å²) in [5.74, 6) is -0.913. The Balaban J connectivity index is 1.79. The number of aromatic carboxylic acids is 1. The van der Waals surface area contributed by atoms with Gasteiger partial charge in [0, 0.05) is 5.92 Å². The fourth-order valence-electron chi connectivity index (χ4n) is 3.37. The van der Waals surface area contributed by atoms with Crippen LogP contribution in [0.5, 0.6) is 0 Å². The van der Waals surface area contributed by atoms with Crippen molar-refractivity contribution in [2.75, 3.05) is 0 Å². The molecular weight excluding hydrogens is 348 g/mol. The number of benzene rings is 1. The molecule has 1 fully saturated rings. The Morgan fingerprint density at radius 3 is 2.64 bits per heavy atom. The van der Waals surface area contributed by atoms with Gasteiger partial charge in [-0.15, -0.1) is 0 Å². The molecule has 5 heteroatoms. The van der Waals surface area contributed by atoms with E-state index in [2.05, 4.69) is 22.0 Å². The average molecular weight is 365 g/mol. The third kappa shape index (κ3) is 3.09. The van der Waals surface area contributed by atoms with Crippen LogP contribution in [0.4, 0.5) is 0 Å². The number of rotatable bonds is 3. The first-order valence-corrected chi connectivity index (χ1v) is 8.23. The number of allylic oxidation sites excluding steroid dienone is 1. The monoisotopic (exact) mass is 364 g/mol. The Morgan fingerprint density at radius 1 is 1.18 bits per heavy atom. The second-order valence-electron chi connectivity index (χ2n) is 5.96. The molecule has 0 radical (unpaired) electrons. The van der Waals surface area contributed by atoms with Gasteiger partial charge in [0.1, 0.15) is 6.10 Å². The minimum atomic E-state index is -1.11. The topological polar surface area (TPSA) is 63.6 Å². The SMILES string of the molecule is O=C(O)c1ccccc1C(=O)OC1CC2CCC1C=C(Br)C2. The number of ether oxygens (including phenoxy) is 1. The average Bonchev–Trinajstić information content (AvgIpc) is 2.76. The van der Waals surface area contributed by atoms with Gasteiger partial charge in [-0.1, -0.05) is 34.1 Å².